The maximum atomic E-state index is 12.6. The van der Waals surface area contributed by atoms with Crippen molar-refractivity contribution in [1.29, 1.82) is 0 Å². The Hall–Kier alpha value is -1.06. The van der Waals surface area contributed by atoms with Gasteiger partial charge in [0.1, 0.15) is 0 Å². The minimum atomic E-state index is 0. The van der Waals surface area contributed by atoms with Gasteiger partial charge >= 0.3 is 0 Å². The first-order valence-electron chi connectivity index (χ1n) is 8.33. The summed E-state index contributed by atoms with van der Waals surface area (Å²) in [6.45, 7) is 7.71. The number of rotatable bonds is 4. The Balaban J connectivity index is 0.00000176. The van der Waals surface area contributed by atoms with E-state index in [1.165, 1.54) is 38.9 Å². The highest BCUT2D eigenvalue weighted by Crippen LogP contribution is 2.29. The lowest BCUT2D eigenvalue weighted by Crippen LogP contribution is -2.54. The van der Waals surface area contributed by atoms with Gasteiger partial charge in [-0.15, -0.1) is 12.4 Å². The lowest BCUT2D eigenvalue weighted by atomic mass is 9.84. The molecule has 1 amide bonds. The molecule has 0 radical (unpaired) electrons. The fourth-order valence-corrected chi connectivity index (χ4v) is 3.88. The topological polar surface area (TPSA) is 23.6 Å². The lowest BCUT2D eigenvalue weighted by molar-refractivity contribution is 0.0259. The number of likely N-dealkylation sites (tertiary alicyclic amines) is 2. The molecule has 2 aliphatic rings. The molecule has 1 aromatic rings. The number of amides is 1. The third-order valence-electron chi connectivity index (χ3n) is 4.79. The van der Waals surface area contributed by atoms with Gasteiger partial charge in [-0.2, -0.15) is 0 Å². The van der Waals surface area contributed by atoms with Gasteiger partial charge in [0.05, 0.1) is 0 Å². The van der Waals surface area contributed by atoms with Crippen molar-refractivity contribution < 1.29 is 4.79 Å². The first kappa shape index (κ1) is 17.3. The molecule has 2 heterocycles. The summed E-state index contributed by atoms with van der Waals surface area (Å²) in [4.78, 5) is 17.3. The Labute approximate surface area is 140 Å². The highest BCUT2D eigenvalue weighted by Gasteiger charge is 2.35. The van der Waals surface area contributed by atoms with Crippen LogP contribution >= 0.6 is 12.4 Å². The van der Waals surface area contributed by atoms with E-state index in [1.807, 2.05) is 30.3 Å². The summed E-state index contributed by atoms with van der Waals surface area (Å²) in [5.74, 6) is 1.55. The van der Waals surface area contributed by atoms with Gasteiger partial charge in [-0.25, -0.2) is 0 Å². The van der Waals surface area contributed by atoms with Crippen LogP contribution in [-0.4, -0.2) is 48.4 Å². The minimum absolute atomic E-state index is 0. The normalized spacial score (nSPS) is 24.7. The van der Waals surface area contributed by atoms with Crippen LogP contribution in [0.4, 0.5) is 0 Å². The third kappa shape index (κ3) is 4.02. The van der Waals surface area contributed by atoms with Crippen LogP contribution in [0.1, 0.15) is 36.5 Å². The molecule has 2 aliphatic heterocycles. The molecular weight excluding hydrogens is 296 g/mol. The summed E-state index contributed by atoms with van der Waals surface area (Å²) in [6, 6.07) is 9.73. The summed E-state index contributed by atoms with van der Waals surface area (Å²) in [5.41, 5.74) is 0.834. The third-order valence-corrected chi connectivity index (χ3v) is 4.79. The molecule has 0 aliphatic carbocycles. The second-order valence-corrected chi connectivity index (χ2v) is 6.66. The van der Waals surface area contributed by atoms with Crippen LogP contribution in [0.3, 0.4) is 0 Å². The van der Waals surface area contributed by atoms with E-state index in [4.69, 9.17) is 0 Å². The quantitative estimate of drug-likeness (QED) is 0.849. The summed E-state index contributed by atoms with van der Waals surface area (Å²) in [7, 11) is 0. The highest BCUT2D eigenvalue weighted by molar-refractivity contribution is 5.94. The van der Waals surface area contributed by atoms with Gasteiger partial charge in [0, 0.05) is 31.7 Å². The van der Waals surface area contributed by atoms with Crippen molar-refractivity contribution in [2.45, 2.75) is 26.2 Å². The van der Waals surface area contributed by atoms with Crippen LogP contribution in [0.2, 0.25) is 0 Å². The van der Waals surface area contributed by atoms with Crippen molar-refractivity contribution in [3.8, 4) is 0 Å². The van der Waals surface area contributed by atoms with Crippen LogP contribution in [0.5, 0.6) is 0 Å². The molecule has 0 saturated carbocycles. The molecule has 22 heavy (non-hydrogen) atoms. The molecule has 0 spiro atoms. The molecule has 2 fully saturated rings. The highest BCUT2D eigenvalue weighted by atomic mass is 35.5. The Morgan fingerprint density at radius 1 is 1.09 bits per heavy atom. The van der Waals surface area contributed by atoms with Crippen molar-refractivity contribution in [2.75, 3.05) is 32.7 Å². The molecule has 0 aromatic heterocycles. The van der Waals surface area contributed by atoms with Gasteiger partial charge in [-0.1, -0.05) is 31.5 Å². The van der Waals surface area contributed by atoms with E-state index in [9.17, 15) is 4.79 Å². The fraction of sp³-hybridized carbons (Fsp3) is 0.611. The molecule has 2 atom stereocenters. The minimum Gasteiger partial charge on any atom is -0.338 e. The molecule has 3 nitrogen and oxygen atoms in total. The maximum Gasteiger partial charge on any atom is 0.253 e. The largest absolute Gasteiger partial charge is 0.338 e. The number of nitrogens with zero attached hydrogens (tertiary/aromatic N) is 2. The lowest BCUT2D eigenvalue weighted by Gasteiger charge is -2.46. The van der Waals surface area contributed by atoms with E-state index in [0.717, 1.165) is 18.7 Å². The predicted molar refractivity (Wildman–Crippen MR) is 92.5 cm³/mol. The Bertz CT molecular complexity index is 465. The molecular formula is C18H27ClN2O. The van der Waals surface area contributed by atoms with Gasteiger partial charge in [-0.05, 0) is 43.4 Å². The van der Waals surface area contributed by atoms with Crippen LogP contribution in [-0.2, 0) is 0 Å². The van der Waals surface area contributed by atoms with Crippen molar-refractivity contribution in [3.63, 3.8) is 0 Å². The summed E-state index contributed by atoms with van der Waals surface area (Å²) >= 11 is 0. The molecule has 122 valence electrons. The van der Waals surface area contributed by atoms with Crippen molar-refractivity contribution >= 4 is 18.3 Å². The van der Waals surface area contributed by atoms with Gasteiger partial charge in [0.25, 0.3) is 5.91 Å². The van der Waals surface area contributed by atoms with E-state index in [0.29, 0.717) is 11.8 Å². The van der Waals surface area contributed by atoms with Crippen LogP contribution in [0.15, 0.2) is 30.3 Å². The number of carbonyl (C=O) groups excluding carboxylic acids is 1. The summed E-state index contributed by atoms with van der Waals surface area (Å²) in [5, 5.41) is 0. The molecule has 2 unspecified atom stereocenters. The average Bonchev–Trinajstić information content (AvgIpc) is 2.52. The number of unbranched alkanes of at least 4 members (excludes halogenated alkanes) is 1. The first-order chi connectivity index (χ1) is 10.3. The molecule has 1 aromatic carbocycles. The van der Waals surface area contributed by atoms with Gasteiger partial charge < -0.3 is 9.80 Å². The van der Waals surface area contributed by atoms with Crippen LogP contribution in [0, 0.1) is 11.8 Å². The molecule has 4 heteroatoms. The summed E-state index contributed by atoms with van der Waals surface area (Å²) < 4.78 is 0. The molecule has 2 bridgehead atoms. The van der Waals surface area contributed by atoms with Crippen LogP contribution in [0.25, 0.3) is 0 Å². The second kappa shape index (κ2) is 7.98. The average molecular weight is 323 g/mol. The Morgan fingerprint density at radius 2 is 1.73 bits per heavy atom. The van der Waals surface area contributed by atoms with Gasteiger partial charge in [-0.3, -0.25) is 4.79 Å². The summed E-state index contributed by atoms with van der Waals surface area (Å²) in [6.07, 6.45) is 3.87. The van der Waals surface area contributed by atoms with Crippen molar-refractivity contribution in [3.05, 3.63) is 35.9 Å². The van der Waals surface area contributed by atoms with Crippen molar-refractivity contribution in [1.82, 2.24) is 9.80 Å². The zero-order valence-electron chi connectivity index (χ0n) is 13.4. The predicted octanol–water partition coefficient (Wildman–Crippen LogP) is 3.30. The number of benzene rings is 1. The monoisotopic (exact) mass is 322 g/mol. The zero-order chi connectivity index (χ0) is 14.7. The van der Waals surface area contributed by atoms with E-state index in [2.05, 4.69) is 16.7 Å². The molecule has 2 saturated heterocycles. The number of fused-ring (bicyclic) bond motifs is 2. The number of piperidine rings is 2. The van der Waals surface area contributed by atoms with Gasteiger partial charge in [0.15, 0.2) is 0 Å². The fourth-order valence-electron chi connectivity index (χ4n) is 3.88. The van der Waals surface area contributed by atoms with E-state index < -0.39 is 0 Å². The van der Waals surface area contributed by atoms with Crippen LogP contribution < -0.4 is 0 Å². The Morgan fingerprint density at radius 3 is 2.32 bits per heavy atom. The smallest absolute Gasteiger partial charge is 0.253 e. The Kier molecular flexibility index (Phi) is 6.27. The number of carbonyl (C=O) groups is 1. The number of hydrogen-bond acceptors (Lipinski definition) is 2. The second-order valence-electron chi connectivity index (χ2n) is 6.66. The zero-order valence-corrected chi connectivity index (χ0v) is 14.2. The van der Waals surface area contributed by atoms with Crippen molar-refractivity contribution in [2.24, 2.45) is 11.8 Å². The molecule has 3 rings (SSSR count). The standard InChI is InChI=1S/C18H26N2O.ClH/c1-2-3-9-19-11-15-10-16(12-19)14-20(13-15)18(21)17-7-5-4-6-8-17;/h4-8,15-16H,2-3,9-14H2,1H3;1H. The first-order valence-corrected chi connectivity index (χ1v) is 8.33. The van der Waals surface area contributed by atoms with Gasteiger partial charge in [0.2, 0.25) is 0 Å². The van der Waals surface area contributed by atoms with E-state index in [1.54, 1.807) is 0 Å². The van der Waals surface area contributed by atoms with E-state index >= 15 is 0 Å². The number of hydrogen-bond donors (Lipinski definition) is 0. The van der Waals surface area contributed by atoms with E-state index in [-0.39, 0.29) is 18.3 Å². The SMILES string of the molecule is CCCCN1CC2CC(C1)CN(C(=O)c1ccccc1)C2.Cl. The maximum absolute atomic E-state index is 12.6. The number of halogens is 1. The molecule has 0 N–H and O–H groups in total.